The number of aromatic hydroxyl groups is 1. The third-order valence-electron chi connectivity index (χ3n) is 4.55. The van der Waals surface area contributed by atoms with E-state index in [1.54, 1.807) is 18.2 Å². The average Bonchev–Trinajstić information content (AvgIpc) is 2.95. The van der Waals surface area contributed by atoms with Crippen LogP contribution in [0.1, 0.15) is 22.5 Å². The van der Waals surface area contributed by atoms with Crippen LogP contribution in [0.2, 0.25) is 0 Å². The Hall–Kier alpha value is -3.78. The van der Waals surface area contributed by atoms with Crippen LogP contribution >= 0.6 is 0 Å². The van der Waals surface area contributed by atoms with Crippen LogP contribution in [-0.4, -0.2) is 15.6 Å². The Morgan fingerprint density at radius 2 is 1.71 bits per heavy atom. The molecule has 0 radical (unpaired) electrons. The van der Waals surface area contributed by atoms with E-state index in [2.05, 4.69) is 22.0 Å². The van der Waals surface area contributed by atoms with Crippen molar-refractivity contribution in [2.24, 2.45) is 0 Å². The van der Waals surface area contributed by atoms with Gasteiger partial charge in [-0.15, -0.1) is 0 Å². The Morgan fingerprint density at radius 1 is 1.07 bits per heavy atom. The highest BCUT2D eigenvalue weighted by atomic mass is 16.3. The van der Waals surface area contributed by atoms with Crippen molar-refractivity contribution in [3.05, 3.63) is 82.7 Å². The Kier molecular flexibility index (Phi) is 5.32. The van der Waals surface area contributed by atoms with Crippen molar-refractivity contribution in [1.29, 1.82) is 5.26 Å². The van der Waals surface area contributed by atoms with Crippen LogP contribution < -0.4 is 5.32 Å². The molecule has 0 aliphatic heterocycles. The molecule has 1 heterocycles. The number of aryl methyl sites for hydroxylation is 2. The summed E-state index contributed by atoms with van der Waals surface area (Å²) in [4.78, 5) is 12.5. The van der Waals surface area contributed by atoms with E-state index < -0.39 is 5.91 Å². The number of nitrogens with one attached hydrogen (secondary N) is 1. The van der Waals surface area contributed by atoms with E-state index in [0.717, 1.165) is 22.6 Å². The smallest absolute Gasteiger partial charge is 0.266 e. The number of phenols is 1. The van der Waals surface area contributed by atoms with Gasteiger partial charge in [-0.2, -0.15) is 5.26 Å². The van der Waals surface area contributed by atoms with Crippen molar-refractivity contribution >= 4 is 17.7 Å². The third-order valence-corrected chi connectivity index (χ3v) is 4.55. The van der Waals surface area contributed by atoms with Gasteiger partial charge in [0.05, 0.1) is 0 Å². The zero-order valence-electron chi connectivity index (χ0n) is 16.0. The minimum absolute atomic E-state index is 0.0113. The predicted octanol–water partition coefficient (Wildman–Crippen LogP) is 4.65. The van der Waals surface area contributed by atoms with Gasteiger partial charge in [0.1, 0.15) is 17.4 Å². The summed E-state index contributed by atoms with van der Waals surface area (Å²) in [6.45, 7) is 6.00. The number of benzene rings is 2. The summed E-state index contributed by atoms with van der Waals surface area (Å²) in [6.07, 6.45) is 1.60. The Bertz CT molecular complexity index is 1080. The Morgan fingerprint density at radius 3 is 2.32 bits per heavy atom. The second kappa shape index (κ2) is 7.85. The van der Waals surface area contributed by atoms with E-state index in [1.165, 1.54) is 17.7 Å². The average molecular weight is 371 g/mol. The highest BCUT2D eigenvalue weighted by molar-refractivity contribution is 6.09. The molecule has 5 heteroatoms. The number of nitriles is 1. The molecule has 0 saturated carbocycles. The number of carbonyl (C=O) groups excluding carboxylic acids is 1. The molecule has 0 atom stereocenters. The Labute approximate surface area is 164 Å². The molecular weight excluding hydrogens is 350 g/mol. The van der Waals surface area contributed by atoms with Gasteiger partial charge in [0, 0.05) is 22.8 Å². The lowest BCUT2D eigenvalue weighted by atomic mass is 10.1. The quantitative estimate of drug-likeness (QED) is 0.398. The molecule has 0 aliphatic carbocycles. The molecule has 0 unspecified atom stereocenters. The normalized spacial score (nSPS) is 11.1. The monoisotopic (exact) mass is 371 g/mol. The summed E-state index contributed by atoms with van der Waals surface area (Å²) in [5.74, 6) is -0.383. The molecule has 0 fully saturated rings. The van der Waals surface area contributed by atoms with E-state index >= 15 is 0 Å². The molecule has 0 aliphatic rings. The maximum Gasteiger partial charge on any atom is 0.266 e. The number of carbonyl (C=O) groups is 1. The summed E-state index contributed by atoms with van der Waals surface area (Å²) in [5, 5.41) is 21.5. The molecule has 0 saturated heterocycles. The summed E-state index contributed by atoms with van der Waals surface area (Å²) >= 11 is 0. The topological polar surface area (TPSA) is 78.0 Å². The van der Waals surface area contributed by atoms with Crippen molar-refractivity contribution in [3.63, 3.8) is 0 Å². The molecule has 3 aromatic rings. The van der Waals surface area contributed by atoms with Gasteiger partial charge in [0.2, 0.25) is 0 Å². The van der Waals surface area contributed by atoms with Gasteiger partial charge >= 0.3 is 0 Å². The number of hydrogen-bond donors (Lipinski definition) is 2. The van der Waals surface area contributed by atoms with Crippen molar-refractivity contribution in [3.8, 4) is 17.5 Å². The maximum atomic E-state index is 12.5. The fraction of sp³-hybridized carbons (Fsp3) is 0.130. The van der Waals surface area contributed by atoms with Gasteiger partial charge in [-0.05, 0) is 74.9 Å². The lowest BCUT2D eigenvalue weighted by Gasteiger charge is -2.10. The van der Waals surface area contributed by atoms with Crippen LogP contribution in [0.5, 0.6) is 5.75 Å². The van der Waals surface area contributed by atoms with Crippen molar-refractivity contribution in [1.82, 2.24) is 4.57 Å². The minimum Gasteiger partial charge on any atom is -0.508 e. The molecule has 2 N–H and O–H groups in total. The summed E-state index contributed by atoms with van der Waals surface area (Å²) < 4.78 is 2.10. The molecule has 2 aromatic carbocycles. The van der Waals surface area contributed by atoms with Crippen LogP contribution in [0.3, 0.4) is 0 Å². The first-order valence-corrected chi connectivity index (χ1v) is 8.87. The first-order valence-electron chi connectivity index (χ1n) is 8.87. The summed E-state index contributed by atoms with van der Waals surface area (Å²) in [7, 11) is 0. The number of rotatable bonds is 4. The van der Waals surface area contributed by atoms with Gasteiger partial charge in [-0.3, -0.25) is 4.79 Å². The van der Waals surface area contributed by atoms with E-state index in [4.69, 9.17) is 0 Å². The maximum absolute atomic E-state index is 12.5. The highest BCUT2D eigenvalue weighted by Crippen LogP contribution is 2.23. The summed E-state index contributed by atoms with van der Waals surface area (Å²) in [5.41, 5.74) is 5.52. The van der Waals surface area contributed by atoms with Gasteiger partial charge < -0.3 is 15.0 Å². The molecule has 0 spiro atoms. The first-order chi connectivity index (χ1) is 13.4. The molecule has 28 heavy (non-hydrogen) atoms. The molecule has 0 bridgehead atoms. The highest BCUT2D eigenvalue weighted by Gasteiger charge is 2.14. The standard InChI is InChI=1S/C23H21N3O2/c1-15-4-8-21(9-5-15)26-16(2)12-18(17(26)3)13-19(14-24)23(28)25-20-6-10-22(27)11-7-20/h4-13,27H,1-3H3,(H,25,28). The second-order valence-electron chi connectivity index (χ2n) is 6.67. The molecular formula is C23H21N3O2. The molecule has 140 valence electrons. The molecule has 1 amide bonds. The fourth-order valence-corrected chi connectivity index (χ4v) is 3.07. The van der Waals surface area contributed by atoms with Crippen LogP contribution in [0.15, 0.2) is 60.2 Å². The summed E-state index contributed by atoms with van der Waals surface area (Å²) in [6, 6.07) is 18.2. The van der Waals surface area contributed by atoms with Crippen LogP contribution in [0.25, 0.3) is 11.8 Å². The number of hydrogen-bond acceptors (Lipinski definition) is 3. The second-order valence-corrected chi connectivity index (χ2v) is 6.67. The molecule has 5 nitrogen and oxygen atoms in total. The number of phenolic OH excluding ortho intramolecular Hbond substituents is 1. The van der Waals surface area contributed by atoms with Crippen LogP contribution in [0.4, 0.5) is 5.69 Å². The van der Waals surface area contributed by atoms with Gasteiger partial charge in [-0.1, -0.05) is 17.7 Å². The zero-order chi connectivity index (χ0) is 20.3. The van der Waals surface area contributed by atoms with Crippen molar-refractivity contribution < 1.29 is 9.90 Å². The number of nitrogens with zero attached hydrogens (tertiary/aromatic N) is 2. The predicted molar refractivity (Wildman–Crippen MR) is 110 cm³/mol. The van der Waals surface area contributed by atoms with Crippen LogP contribution in [-0.2, 0) is 4.79 Å². The van der Waals surface area contributed by atoms with E-state index in [-0.39, 0.29) is 11.3 Å². The first kappa shape index (κ1) is 19.0. The van der Waals surface area contributed by atoms with Crippen molar-refractivity contribution in [2.45, 2.75) is 20.8 Å². The van der Waals surface area contributed by atoms with E-state index in [1.807, 2.05) is 45.0 Å². The van der Waals surface area contributed by atoms with Gasteiger partial charge in [-0.25, -0.2) is 0 Å². The third kappa shape index (κ3) is 3.97. The zero-order valence-corrected chi connectivity index (χ0v) is 16.0. The largest absolute Gasteiger partial charge is 0.508 e. The minimum atomic E-state index is -0.492. The number of anilines is 1. The SMILES string of the molecule is Cc1ccc(-n2c(C)cc(C=C(C#N)C(=O)Nc3ccc(O)cc3)c2C)cc1. The fourth-order valence-electron chi connectivity index (χ4n) is 3.07. The number of aromatic nitrogens is 1. The lowest BCUT2D eigenvalue weighted by Crippen LogP contribution is -2.13. The lowest BCUT2D eigenvalue weighted by molar-refractivity contribution is -0.112. The van der Waals surface area contributed by atoms with E-state index in [9.17, 15) is 15.2 Å². The van der Waals surface area contributed by atoms with Gasteiger partial charge in [0.25, 0.3) is 5.91 Å². The van der Waals surface area contributed by atoms with Gasteiger partial charge in [0.15, 0.2) is 0 Å². The van der Waals surface area contributed by atoms with Crippen LogP contribution in [0, 0.1) is 32.1 Å². The molecule has 3 rings (SSSR count). The molecule has 1 aromatic heterocycles. The number of amides is 1. The van der Waals surface area contributed by atoms with Crippen molar-refractivity contribution in [2.75, 3.05) is 5.32 Å². The van der Waals surface area contributed by atoms with E-state index in [0.29, 0.717) is 5.69 Å². The Balaban J connectivity index is 1.91.